The smallest absolute Gasteiger partial charge is 0.407 e. The molecule has 0 aromatic carbocycles. The monoisotopic (exact) mass is 183 g/mol. The van der Waals surface area contributed by atoms with Crippen LogP contribution in [-0.4, -0.2) is 18.2 Å². The molecule has 1 spiro atoms. The van der Waals surface area contributed by atoms with E-state index in [0.717, 1.165) is 6.42 Å². The molecule has 2 fully saturated rings. The van der Waals surface area contributed by atoms with Crippen LogP contribution in [0.5, 0.6) is 0 Å². The Hall–Kier alpha value is -0.730. The van der Waals surface area contributed by atoms with Gasteiger partial charge >= 0.3 is 6.09 Å². The second-order valence-corrected chi connectivity index (χ2v) is 4.39. The van der Waals surface area contributed by atoms with Gasteiger partial charge in [-0.05, 0) is 38.0 Å². The summed E-state index contributed by atoms with van der Waals surface area (Å²) < 4.78 is 5.12. The fourth-order valence-electron chi connectivity index (χ4n) is 1.71. The minimum atomic E-state index is -0.233. The van der Waals surface area contributed by atoms with Crippen LogP contribution >= 0.6 is 0 Å². The molecule has 74 valence electrons. The zero-order valence-electron chi connectivity index (χ0n) is 8.30. The van der Waals surface area contributed by atoms with Crippen molar-refractivity contribution in [3.63, 3.8) is 0 Å². The van der Waals surface area contributed by atoms with Gasteiger partial charge < -0.3 is 10.1 Å². The Morgan fingerprint density at radius 1 is 1.69 bits per heavy atom. The van der Waals surface area contributed by atoms with E-state index in [1.165, 1.54) is 19.3 Å². The molecule has 3 heteroatoms. The average Bonchev–Trinajstić information content (AvgIpc) is 2.95. The van der Waals surface area contributed by atoms with Crippen molar-refractivity contribution in [1.29, 1.82) is 0 Å². The summed E-state index contributed by atoms with van der Waals surface area (Å²) in [6.07, 6.45) is 4.44. The lowest BCUT2D eigenvalue weighted by molar-refractivity contribution is 0.104. The molecule has 1 N–H and O–H groups in total. The van der Waals surface area contributed by atoms with E-state index in [4.69, 9.17) is 4.74 Å². The first-order valence-electron chi connectivity index (χ1n) is 5.13. The van der Waals surface area contributed by atoms with Crippen molar-refractivity contribution in [3.05, 3.63) is 0 Å². The lowest BCUT2D eigenvalue weighted by atomic mass is 10.3. The Kier molecular flexibility index (Phi) is 1.97. The van der Waals surface area contributed by atoms with Crippen molar-refractivity contribution >= 4 is 6.09 Å². The highest BCUT2D eigenvalue weighted by molar-refractivity contribution is 5.68. The summed E-state index contributed by atoms with van der Waals surface area (Å²) in [6.45, 7) is 3.93. The lowest BCUT2D eigenvalue weighted by Crippen LogP contribution is -2.30. The molecule has 13 heavy (non-hydrogen) atoms. The third-order valence-electron chi connectivity index (χ3n) is 3.26. The second-order valence-electron chi connectivity index (χ2n) is 4.39. The van der Waals surface area contributed by atoms with Crippen LogP contribution in [0.1, 0.15) is 39.5 Å². The molecule has 0 heterocycles. The molecule has 1 amide bonds. The third kappa shape index (κ3) is 1.79. The van der Waals surface area contributed by atoms with Crippen molar-refractivity contribution < 1.29 is 9.53 Å². The van der Waals surface area contributed by atoms with Gasteiger partial charge in [0.1, 0.15) is 6.10 Å². The highest BCUT2D eigenvalue weighted by atomic mass is 16.6. The van der Waals surface area contributed by atoms with Crippen LogP contribution in [0.4, 0.5) is 4.79 Å². The van der Waals surface area contributed by atoms with Gasteiger partial charge in [-0.25, -0.2) is 4.79 Å². The molecule has 0 aliphatic heterocycles. The summed E-state index contributed by atoms with van der Waals surface area (Å²) in [5.74, 6) is 0. The molecule has 0 bridgehead atoms. The summed E-state index contributed by atoms with van der Waals surface area (Å²) in [4.78, 5) is 11.2. The van der Waals surface area contributed by atoms with E-state index in [1.807, 2.05) is 13.8 Å². The lowest BCUT2D eigenvalue weighted by Gasteiger charge is -2.11. The molecule has 0 saturated heterocycles. The van der Waals surface area contributed by atoms with E-state index in [9.17, 15) is 4.79 Å². The minimum absolute atomic E-state index is 0.0360. The van der Waals surface area contributed by atoms with Gasteiger partial charge in [-0.3, -0.25) is 0 Å². The molecule has 3 nitrogen and oxygen atoms in total. The van der Waals surface area contributed by atoms with E-state index in [-0.39, 0.29) is 12.2 Å². The topological polar surface area (TPSA) is 38.3 Å². The van der Waals surface area contributed by atoms with Gasteiger partial charge in [0.05, 0.1) is 0 Å². The summed E-state index contributed by atoms with van der Waals surface area (Å²) in [5, 5.41) is 2.91. The summed E-state index contributed by atoms with van der Waals surface area (Å²) in [7, 11) is 0. The molecule has 0 radical (unpaired) electrons. The van der Waals surface area contributed by atoms with E-state index >= 15 is 0 Å². The van der Waals surface area contributed by atoms with Gasteiger partial charge in [-0.2, -0.15) is 0 Å². The number of carbonyl (C=O) groups is 1. The van der Waals surface area contributed by atoms with Crippen molar-refractivity contribution in [2.45, 2.75) is 51.7 Å². The van der Waals surface area contributed by atoms with Crippen LogP contribution in [0.25, 0.3) is 0 Å². The van der Waals surface area contributed by atoms with Crippen LogP contribution < -0.4 is 5.32 Å². The van der Waals surface area contributed by atoms with Gasteiger partial charge in [0.2, 0.25) is 0 Å². The van der Waals surface area contributed by atoms with Crippen LogP contribution in [-0.2, 0) is 4.74 Å². The third-order valence-corrected chi connectivity index (χ3v) is 3.26. The van der Waals surface area contributed by atoms with Gasteiger partial charge in [-0.1, -0.05) is 6.92 Å². The maximum atomic E-state index is 11.2. The van der Waals surface area contributed by atoms with Crippen molar-refractivity contribution in [3.8, 4) is 0 Å². The number of alkyl carbamates (subject to hydrolysis) is 1. The van der Waals surface area contributed by atoms with Crippen molar-refractivity contribution in [2.75, 3.05) is 0 Å². The molecule has 2 aliphatic rings. The van der Waals surface area contributed by atoms with Gasteiger partial charge in [-0.15, -0.1) is 0 Å². The maximum Gasteiger partial charge on any atom is 0.407 e. The SMILES string of the molecule is CCC(C)OC(=O)N[C@@H]1CC12CC2. The summed E-state index contributed by atoms with van der Waals surface area (Å²) >= 11 is 0. The van der Waals surface area contributed by atoms with Gasteiger partial charge in [0.15, 0.2) is 0 Å². The van der Waals surface area contributed by atoms with E-state index in [1.54, 1.807) is 0 Å². The zero-order chi connectivity index (χ0) is 9.47. The van der Waals surface area contributed by atoms with E-state index in [0.29, 0.717) is 11.5 Å². The average molecular weight is 183 g/mol. The Labute approximate surface area is 78.8 Å². The summed E-state index contributed by atoms with van der Waals surface area (Å²) in [6, 6.07) is 0.420. The van der Waals surface area contributed by atoms with Crippen molar-refractivity contribution in [2.24, 2.45) is 5.41 Å². The molecule has 2 aliphatic carbocycles. The maximum absolute atomic E-state index is 11.2. The number of hydrogen-bond acceptors (Lipinski definition) is 2. The molecule has 2 rings (SSSR count). The molecule has 0 aromatic heterocycles. The van der Waals surface area contributed by atoms with Crippen molar-refractivity contribution in [1.82, 2.24) is 5.32 Å². The number of rotatable bonds is 3. The normalized spacial score (nSPS) is 29.5. The van der Waals surface area contributed by atoms with Gasteiger partial charge in [0.25, 0.3) is 0 Å². The fourth-order valence-corrected chi connectivity index (χ4v) is 1.71. The summed E-state index contributed by atoms with van der Waals surface area (Å²) in [5.41, 5.74) is 0.522. The predicted molar refractivity (Wildman–Crippen MR) is 49.4 cm³/mol. The van der Waals surface area contributed by atoms with Gasteiger partial charge in [0, 0.05) is 6.04 Å². The van der Waals surface area contributed by atoms with Crippen LogP contribution in [0.15, 0.2) is 0 Å². The molecule has 0 aromatic rings. The van der Waals surface area contributed by atoms with Crippen LogP contribution in [0.3, 0.4) is 0 Å². The van der Waals surface area contributed by atoms with E-state index in [2.05, 4.69) is 5.32 Å². The number of carbonyl (C=O) groups excluding carboxylic acids is 1. The fraction of sp³-hybridized carbons (Fsp3) is 0.900. The first kappa shape index (κ1) is 8.85. The predicted octanol–water partition coefficient (Wildman–Crippen LogP) is 2.06. The number of ether oxygens (including phenoxy) is 1. The standard InChI is InChI=1S/C10H17NO2/c1-3-7(2)13-9(12)11-8-6-10(8)4-5-10/h7-8H,3-6H2,1-2H3,(H,11,12)/t7?,8-/m1/s1. The van der Waals surface area contributed by atoms with Crippen LogP contribution in [0, 0.1) is 5.41 Å². The molecule has 1 unspecified atom stereocenters. The Morgan fingerprint density at radius 2 is 2.38 bits per heavy atom. The quantitative estimate of drug-likeness (QED) is 0.727. The van der Waals surface area contributed by atoms with E-state index < -0.39 is 0 Å². The largest absolute Gasteiger partial charge is 0.447 e. The number of nitrogens with one attached hydrogen (secondary N) is 1. The highest BCUT2D eigenvalue weighted by Crippen LogP contribution is 2.65. The van der Waals surface area contributed by atoms with Crippen LogP contribution in [0.2, 0.25) is 0 Å². The first-order chi connectivity index (χ1) is 6.16. The Bertz CT molecular complexity index is 223. The number of hydrogen-bond donors (Lipinski definition) is 1. The Balaban J connectivity index is 1.67. The molecular formula is C10H17NO2. The zero-order valence-corrected chi connectivity index (χ0v) is 8.30. The molecule has 2 atom stereocenters. The molecule has 2 saturated carbocycles. The second kappa shape index (κ2) is 2.89. The highest BCUT2D eigenvalue weighted by Gasteiger charge is 2.63. The first-order valence-corrected chi connectivity index (χ1v) is 5.13. The number of amides is 1. The Morgan fingerprint density at radius 3 is 2.85 bits per heavy atom. The molecular weight excluding hydrogens is 166 g/mol. The minimum Gasteiger partial charge on any atom is -0.447 e.